The third-order valence-electron chi connectivity index (χ3n) is 2.27. The topological polar surface area (TPSA) is 82.1 Å². The van der Waals surface area contributed by atoms with E-state index in [-0.39, 0.29) is 5.69 Å². The van der Waals surface area contributed by atoms with Crippen molar-refractivity contribution in [2.24, 2.45) is 0 Å². The minimum atomic E-state index is -0.475. The van der Waals surface area contributed by atoms with E-state index in [2.05, 4.69) is 5.32 Å². The number of nitrogens with zero attached hydrogens (tertiary/aromatic N) is 2. The van der Waals surface area contributed by atoms with E-state index in [1.54, 1.807) is 0 Å². The molecule has 0 saturated heterocycles. The molecule has 1 aromatic rings. The average molecular weight is 195 g/mol. The normalized spacial score (nSPS) is 14.3. The zero-order valence-electron chi connectivity index (χ0n) is 7.40. The van der Waals surface area contributed by atoms with Crippen LogP contribution >= 0.6 is 0 Å². The summed E-state index contributed by atoms with van der Waals surface area (Å²) in [5.74, 6) is 0. The van der Waals surface area contributed by atoms with Crippen molar-refractivity contribution in [1.29, 1.82) is 0 Å². The lowest BCUT2D eigenvalue weighted by atomic mass is 10.1. The highest BCUT2D eigenvalue weighted by Crippen LogP contribution is 2.28. The third-order valence-corrected chi connectivity index (χ3v) is 2.27. The molecule has 0 aromatic carbocycles. The van der Waals surface area contributed by atoms with Crippen LogP contribution in [0.2, 0.25) is 0 Å². The number of nitrogens with one attached hydrogen (secondary N) is 1. The smallest absolute Gasteiger partial charge is 0.304 e. The predicted octanol–water partition coefficient (Wildman–Crippen LogP) is 0.586. The number of fused-ring (bicyclic) bond motifs is 1. The molecule has 14 heavy (non-hydrogen) atoms. The lowest BCUT2D eigenvalue weighted by Gasteiger charge is -2.15. The summed E-state index contributed by atoms with van der Waals surface area (Å²) in [4.78, 5) is 10.2. The maximum atomic E-state index is 11.3. The van der Waals surface area contributed by atoms with Crippen LogP contribution in [0, 0.1) is 15.3 Å². The highest BCUT2D eigenvalue weighted by molar-refractivity contribution is 5.63. The molecule has 74 valence electrons. The van der Waals surface area contributed by atoms with Gasteiger partial charge in [0.25, 0.3) is 0 Å². The van der Waals surface area contributed by atoms with Crippen molar-refractivity contribution in [3.63, 3.8) is 0 Å². The molecule has 6 heteroatoms. The molecule has 1 aliphatic rings. The Morgan fingerprint density at radius 2 is 2.36 bits per heavy atom. The second-order valence-electron chi connectivity index (χ2n) is 3.14. The Labute approximate surface area is 79.9 Å². The molecule has 1 aromatic heterocycles. The summed E-state index contributed by atoms with van der Waals surface area (Å²) in [5, 5.41) is 24.8. The van der Waals surface area contributed by atoms with Crippen molar-refractivity contribution in [3.05, 3.63) is 33.3 Å². The van der Waals surface area contributed by atoms with Gasteiger partial charge in [-0.3, -0.25) is 10.1 Å². The Morgan fingerprint density at radius 3 is 3.07 bits per heavy atom. The molecule has 1 aliphatic heterocycles. The fraction of sp³-hybridized carbons (Fsp3) is 0.375. The SMILES string of the molecule is O=[N+]([O-])c1cc[n+]([O-])c2c1NCCC2. The Morgan fingerprint density at radius 1 is 1.57 bits per heavy atom. The van der Waals surface area contributed by atoms with E-state index in [9.17, 15) is 15.3 Å². The molecule has 0 saturated carbocycles. The first-order chi connectivity index (χ1) is 6.70. The first kappa shape index (κ1) is 8.74. The summed E-state index contributed by atoms with van der Waals surface area (Å²) < 4.78 is 0.689. The van der Waals surface area contributed by atoms with Gasteiger partial charge in [0, 0.05) is 13.0 Å². The molecule has 0 aliphatic carbocycles. The maximum absolute atomic E-state index is 11.3. The summed E-state index contributed by atoms with van der Waals surface area (Å²) >= 11 is 0. The summed E-state index contributed by atoms with van der Waals surface area (Å²) in [5.41, 5.74) is 0.816. The van der Waals surface area contributed by atoms with Crippen molar-refractivity contribution in [3.8, 4) is 0 Å². The van der Waals surface area contributed by atoms with Gasteiger partial charge in [0.1, 0.15) is 0 Å². The molecular weight excluding hydrogens is 186 g/mol. The molecule has 0 bridgehead atoms. The first-order valence-corrected chi connectivity index (χ1v) is 4.33. The minimum Gasteiger partial charge on any atom is -0.618 e. The molecule has 2 rings (SSSR count). The van der Waals surface area contributed by atoms with Crippen LogP contribution in [0.1, 0.15) is 12.1 Å². The van der Waals surface area contributed by atoms with Crippen LogP contribution in [0.5, 0.6) is 0 Å². The highest BCUT2D eigenvalue weighted by atomic mass is 16.6. The highest BCUT2D eigenvalue weighted by Gasteiger charge is 2.26. The molecule has 0 atom stereocenters. The molecule has 2 heterocycles. The van der Waals surface area contributed by atoms with Gasteiger partial charge in [-0.25, -0.2) is 0 Å². The van der Waals surface area contributed by atoms with Crippen LogP contribution in [0.3, 0.4) is 0 Å². The van der Waals surface area contributed by atoms with Crippen molar-refractivity contribution < 1.29 is 9.65 Å². The molecular formula is C8H9N3O3. The van der Waals surface area contributed by atoms with E-state index in [4.69, 9.17) is 0 Å². The molecule has 1 N–H and O–H groups in total. The molecule has 0 radical (unpaired) electrons. The standard InChI is InChI=1S/C8H9N3O3/c12-10-5-3-7(11(13)14)8-6(10)2-1-4-9-8/h3,5,9H,1-2,4H2. The van der Waals surface area contributed by atoms with E-state index in [1.807, 2.05) is 0 Å². The van der Waals surface area contributed by atoms with Crippen molar-refractivity contribution >= 4 is 11.4 Å². The molecule has 0 spiro atoms. The van der Waals surface area contributed by atoms with Gasteiger partial charge in [-0.15, -0.1) is 0 Å². The number of hydrogen-bond donors (Lipinski definition) is 1. The van der Waals surface area contributed by atoms with Crippen LogP contribution in [-0.2, 0) is 6.42 Å². The number of anilines is 1. The average Bonchev–Trinajstić information content (AvgIpc) is 2.18. The maximum Gasteiger partial charge on any atom is 0.304 e. The quantitative estimate of drug-likeness (QED) is 0.307. The van der Waals surface area contributed by atoms with E-state index in [0.29, 0.717) is 29.1 Å². The van der Waals surface area contributed by atoms with E-state index >= 15 is 0 Å². The molecule has 6 nitrogen and oxygen atoms in total. The van der Waals surface area contributed by atoms with Crippen LogP contribution in [-0.4, -0.2) is 11.5 Å². The van der Waals surface area contributed by atoms with Gasteiger partial charge in [0.05, 0.1) is 11.0 Å². The van der Waals surface area contributed by atoms with Gasteiger partial charge in [-0.1, -0.05) is 0 Å². The van der Waals surface area contributed by atoms with Crippen molar-refractivity contribution in [2.75, 3.05) is 11.9 Å². The van der Waals surface area contributed by atoms with E-state index in [0.717, 1.165) is 6.42 Å². The minimum absolute atomic E-state index is 0.0215. The zero-order valence-corrected chi connectivity index (χ0v) is 7.40. The van der Waals surface area contributed by atoms with Crippen LogP contribution in [0.4, 0.5) is 11.4 Å². The molecule has 0 amide bonds. The van der Waals surface area contributed by atoms with Crippen LogP contribution in [0.15, 0.2) is 12.3 Å². The van der Waals surface area contributed by atoms with Crippen molar-refractivity contribution in [2.45, 2.75) is 12.8 Å². The van der Waals surface area contributed by atoms with Crippen LogP contribution < -0.4 is 10.0 Å². The Bertz CT molecular complexity index is 392. The second-order valence-corrected chi connectivity index (χ2v) is 3.14. The van der Waals surface area contributed by atoms with Gasteiger partial charge < -0.3 is 10.5 Å². The molecule has 0 fully saturated rings. The van der Waals surface area contributed by atoms with Gasteiger partial charge in [0.2, 0.25) is 5.69 Å². The summed E-state index contributed by atoms with van der Waals surface area (Å²) in [6.07, 6.45) is 2.61. The summed E-state index contributed by atoms with van der Waals surface area (Å²) in [6.45, 7) is 0.678. The van der Waals surface area contributed by atoms with E-state index < -0.39 is 4.92 Å². The van der Waals surface area contributed by atoms with Gasteiger partial charge in [0.15, 0.2) is 11.9 Å². The number of rotatable bonds is 1. The zero-order chi connectivity index (χ0) is 10.1. The Balaban J connectivity index is 2.59. The fourth-order valence-electron chi connectivity index (χ4n) is 1.62. The summed E-state index contributed by atoms with van der Waals surface area (Å²) in [6, 6.07) is 1.23. The lowest BCUT2D eigenvalue weighted by Crippen LogP contribution is -2.35. The van der Waals surface area contributed by atoms with E-state index in [1.165, 1.54) is 12.3 Å². The monoisotopic (exact) mass is 195 g/mol. The third kappa shape index (κ3) is 1.24. The van der Waals surface area contributed by atoms with Gasteiger partial charge in [-0.05, 0) is 6.42 Å². The number of aromatic nitrogens is 1. The lowest BCUT2D eigenvalue weighted by molar-refractivity contribution is -0.614. The largest absolute Gasteiger partial charge is 0.618 e. The molecule has 0 unspecified atom stereocenters. The number of nitro groups is 1. The first-order valence-electron chi connectivity index (χ1n) is 4.33. The Hall–Kier alpha value is -1.85. The van der Waals surface area contributed by atoms with Gasteiger partial charge >= 0.3 is 5.69 Å². The number of pyridine rings is 1. The second kappa shape index (κ2) is 3.13. The summed E-state index contributed by atoms with van der Waals surface area (Å²) in [7, 11) is 0. The fourth-order valence-corrected chi connectivity index (χ4v) is 1.62. The Kier molecular flexibility index (Phi) is 1.95. The predicted molar refractivity (Wildman–Crippen MR) is 48.9 cm³/mol. The van der Waals surface area contributed by atoms with Gasteiger partial charge in [-0.2, -0.15) is 4.73 Å². The number of hydrogen-bond acceptors (Lipinski definition) is 4. The van der Waals surface area contributed by atoms with Crippen LogP contribution in [0.25, 0.3) is 0 Å². The van der Waals surface area contributed by atoms with Crippen molar-refractivity contribution in [1.82, 2.24) is 0 Å².